The fraction of sp³-hybridized carbons (Fsp3) is 0.333. The molecule has 0 radical (unpaired) electrons. The molecule has 0 saturated carbocycles. The van der Waals surface area contributed by atoms with E-state index >= 15 is 0 Å². The topological polar surface area (TPSA) is 112 Å². The maximum absolute atomic E-state index is 13.9. The molecule has 3 heterocycles. The summed E-state index contributed by atoms with van der Waals surface area (Å²) >= 11 is 7.55. The number of nitrogens with zero attached hydrogens (tertiary/aromatic N) is 2. The summed E-state index contributed by atoms with van der Waals surface area (Å²) < 4.78 is 5.31. The molecule has 0 unspecified atom stereocenters. The van der Waals surface area contributed by atoms with Crippen molar-refractivity contribution in [2.75, 3.05) is 19.6 Å². The summed E-state index contributed by atoms with van der Waals surface area (Å²) in [4.78, 5) is 58.9. The highest BCUT2D eigenvalue weighted by Crippen LogP contribution is 2.21. The SMILES string of the molecule is CC(C)(C)OC(=O)NN(CC#Cc1cccs1)C(=O)c1c(C(=O)N2CCCC2)[nH]c2cc(Cl)ccc2c1=O. The van der Waals surface area contributed by atoms with E-state index in [2.05, 4.69) is 22.3 Å². The minimum absolute atomic E-state index is 0.168. The Labute approximate surface area is 228 Å². The highest BCUT2D eigenvalue weighted by molar-refractivity contribution is 7.10. The van der Waals surface area contributed by atoms with Crippen LogP contribution in [0.3, 0.4) is 0 Å². The first kappa shape index (κ1) is 27.2. The first-order valence-corrected chi connectivity index (χ1v) is 13.3. The van der Waals surface area contributed by atoms with Gasteiger partial charge in [-0.05, 0) is 63.3 Å². The van der Waals surface area contributed by atoms with Crippen molar-refractivity contribution < 1.29 is 19.1 Å². The van der Waals surface area contributed by atoms with Gasteiger partial charge in [-0.15, -0.1) is 11.3 Å². The lowest BCUT2D eigenvalue weighted by atomic mass is 10.1. The number of ether oxygens (including phenoxy) is 1. The number of amides is 3. The molecule has 0 spiro atoms. The van der Waals surface area contributed by atoms with Crippen LogP contribution in [-0.2, 0) is 4.74 Å². The molecule has 198 valence electrons. The Balaban J connectivity index is 1.79. The third kappa shape index (κ3) is 6.36. The summed E-state index contributed by atoms with van der Waals surface area (Å²) in [6, 6.07) is 8.19. The Morgan fingerprint density at radius 2 is 1.95 bits per heavy atom. The molecule has 9 nitrogen and oxygen atoms in total. The van der Waals surface area contributed by atoms with Crippen LogP contribution in [0.15, 0.2) is 40.5 Å². The monoisotopic (exact) mass is 554 g/mol. The fourth-order valence-corrected chi connectivity index (χ4v) is 4.73. The molecule has 1 aromatic carbocycles. The highest BCUT2D eigenvalue weighted by Gasteiger charge is 2.32. The van der Waals surface area contributed by atoms with Gasteiger partial charge in [0.2, 0.25) is 5.43 Å². The maximum atomic E-state index is 13.9. The van der Waals surface area contributed by atoms with Gasteiger partial charge in [-0.2, -0.15) is 0 Å². The number of fused-ring (bicyclic) bond motifs is 1. The predicted octanol–water partition coefficient (Wildman–Crippen LogP) is 4.41. The molecule has 3 aromatic rings. The number of hydrazine groups is 1. The number of nitrogens with one attached hydrogen (secondary N) is 2. The Morgan fingerprint density at radius 3 is 2.61 bits per heavy atom. The van der Waals surface area contributed by atoms with Crippen LogP contribution in [0, 0.1) is 11.8 Å². The molecule has 3 amide bonds. The quantitative estimate of drug-likeness (QED) is 0.368. The van der Waals surface area contributed by atoms with Crippen LogP contribution in [0.5, 0.6) is 0 Å². The van der Waals surface area contributed by atoms with Crippen LogP contribution >= 0.6 is 22.9 Å². The zero-order valence-corrected chi connectivity index (χ0v) is 22.8. The van der Waals surface area contributed by atoms with E-state index < -0.39 is 34.5 Å². The number of likely N-dealkylation sites (tertiary alicyclic amines) is 1. The first-order chi connectivity index (χ1) is 18.0. The van der Waals surface area contributed by atoms with Crippen molar-refractivity contribution in [1.29, 1.82) is 0 Å². The molecular weight excluding hydrogens is 528 g/mol. The van der Waals surface area contributed by atoms with Crippen LogP contribution < -0.4 is 10.9 Å². The number of hydrogen-bond donors (Lipinski definition) is 2. The maximum Gasteiger partial charge on any atom is 0.426 e. The first-order valence-electron chi connectivity index (χ1n) is 12.0. The van der Waals surface area contributed by atoms with Gasteiger partial charge < -0.3 is 14.6 Å². The molecule has 2 N–H and O–H groups in total. The summed E-state index contributed by atoms with van der Waals surface area (Å²) in [5, 5.41) is 3.30. The van der Waals surface area contributed by atoms with E-state index in [1.807, 2.05) is 17.5 Å². The normalized spacial score (nSPS) is 13.1. The number of aromatic nitrogens is 1. The molecule has 1 fully saturated rings. The number of aromatic amines is 1. The second-order valence-corrected chi connectivity index (χ2v) is 11.1. The van der Waals surface area contributed by atoms with Crippen LogP contribution in [-0.4, -0.2) is 58.0 Å². The van der Waals surface area contributed by atoms with Crippen LogP contribution in [0.4, 0.5) is 4.79 Å². The van der Waals surface area contributed by atoms with Crippen molar-refractivity contribution in [2.24, 2.45) is 0 Å². The molecule has 1 aliphatic heterocycles. The number of carbonyl (C=O) groups excluding carboxylic acids is 3. The van der Waals surface area contributed by atoms with E-state index in [1.165, 1.54) is 29.5 Å². The molecule has 0 bridgehead atoms. The Morgan fingerprint density at radius 1 is 1.21 bits per heavy atom. The van der Waals surface area contributed by atoms with Gasteiger partial charge in [0.1, 0.15) is 23.4 Å². The van der Waals surface area contributed by atoms with Crippen LogP contribution in [0.1, 0.15) is 59.3 Å². The van der Waals surface area contributed by atoms with Crippen LogP contribution in [0.25, 0.3) is 10.9 Å². The van der Waals surface area contributed by atoms with Gasteiger partial charge in [0, 0.05) is 23.5 Å². The van der Waals surface area contributed by atoms with Gasteiger partial charge in [-0.1, -0.05) is 29.5 Å². The van der Waals surface area contributed by atoms with E-state index in [0.29, 0.717) is 23.6 Å². The lowest BCUT2D eigenvalue weighted by Crippen LogP contribution is -2.50. The lowest BCUT2D eigenvalue weighted by molar-refractivity contribution is 0.0314. The second-order valence-electron chi connectivity index (χ2n) is 9.68. The van der Waals surface area contributed by atoms with Gasteiger partial charge in [-0.25, -0.2) is 15.2 Å². The lowest BCUT2D eigenvalue weighted by Gasteiger charge is -2.26. The number of hydrogen-bond acceptors (Lipinski definition) is 6. The van der Waals surface area contributed by atoms with Crippen molar-refractivity contribution in [3.05, 3.63) is 67.1 Å². The Hall–Kier alpha value is -3.81. The zero-order valence-electron chi connectivity index (χ0n) is 21.2. The Bertz CT molecular complexity index is 1490. The Kier molecular flexibility index (Phi) is 8.09. The third-order valence-corrected chi connectivity index (χ3v) is 6.64. The molecule has 0 aliphatic carbocycles. The van der Waals surface area contributed by atoms with Gasteiger partial charge in [0.05, 0.1) is 10.4 Å². The summed E-state index contributed by atoms with van der Waals surface area (Å²) in [6.45, 7) is 5.80. The summed E-state index contributed by atoms with van der Waals surface area (Å²) in [7, 11) is 0. The zero-order chi connectivity index (χ0) is 27.4. The average Bonchev–Trinajstić information content (AvgIpc) is 3.56. The number of carbonyl (C=O) groups is 3. The molecule has 1 saturated heterocycles. The predicted molar refractivity (Wildman–Crippen MR) is 146 cm³/mol. The molecule has 4 rings (SSSR count). The number of pyridine rings is 1. The summed E-state index contributed by atoms with van der Waals surface area (Å²) in [5.41, 5.74) is 0.659. The molecule has 2 aromatic heterocycles. The minimum Gasteiger partial charge on any atom is -0.443 e. The van der Waals surface area contributed by atoms with E-state index in [4.69, 9.17) is 16.3 Å². The minimum atomic E-state index is -0.903. The van der Waals surface area contributed by atoms with Crippen molar-refractivity contribution in [1.82, 2.24) is 20.3 Å². The van der Waals surface area contributed by atoms with Crippen molar-refractivity contribution in [2.45, 2.75) is 39.2 Å². The van der Waals surface area contributed by atoms with Crippen molar-refractivity contribution >= 4 is 51.7 Å². The largest absolute Gasteiger partial charge is 0.443 e. The number of rotatable bonds is 3. The van der Waals surface area contributed by atoms with Gasteiger partial charge in [0.25, 0.3) is 11.8 Å². The third-order valence-electron chi connectivity index (χ3n) is 5.62. The van der Waals surface area contributed by atoms with E-state index in [0.717, 1.165) is 22.7 Å². The van der Waals surface area contributed by atoms with Crippen molar-refractivity contribution in [3.8, 4) is 11.8 Å². The van der Waals surface area contributed by atoms with Gasteiger partial charge >= 0.3 is 6.09 Å². The molecule has 38 heavy (non-hydrogen) atoms. The van der Waals surface area contributed by atoms with Crippen LogP contribution in [0.2, 0.25) is 5.02 Å². The van der Waals surface area contributed by atoms with E-state index in [9.17, 15) is 19.2 Å². The number of H-pyrrole nitrogens is 1. The molecule has 1 aliphatic rings. The summed E-state index contributed by atoms with van der Waals surface area (Å²) in [6.07, 6.45) is 0.743. The number of benzene rings is 1. The second kappa shape index (κ2) is 11.3. The van der Waals surface area contributed by atoms with Gasteiger partial charge in [0.15, 0.2) is 0 Å². The fourth-order valence-electron chi connectivity index (χ4n) is 3.97. The molecule has 0 atom stereocenters. The summed E-state index contributed by atoms with van der Waals surface area (Å²) in [5.74, 6) is 4.40. The number of thiophene rings is 1. The molecular formula is C27H27ClN4O5S. The van der Waals surface area contributed by atoms with E-state index in [1.54, 1.807) is 25.7 Å². The standard InChI is InChI=1S/C27H27ClN4O5S/c1-27(2,3)37-26(36)30-32(14-6-8-18-9-7-15-38-18)24(34)21-22(25(35)31-12-4-5-13-31)29-20-16-17(28)10-11-19(20)23(21)33/h7,9-11,15-16H,4-5,12-14H2,1-3H3,(H,29,33)(H,30,36). The van der Waals surface area contributed by atoms with Gasteiger partial charge in [-0.3, -0.25) is 14.4 Å². The highest BCUT2D eigenvalue weighted by atomic mass is 35.5. The van der Waals surface area contributed by atoms with Crippen molar-refractivity contribution in [3.63, 3.8) is 0 Å². The van der Waals surface area contributed by atoms with E-state index in [-0.39, 0.29) is 17.6 Å². The smallest absolute Gasteiger partial charge is 0.426 e. The molecule has 11 heteroatoms. The number of halogens is 1. The average molecular weight is 555 g/mol.